The van der Waals surface area contributed by atoms with E-state index in [1.807, 2.05) is 30.3 Å². The quantitative estimate of drug-likeness (QED) is 0.591. The highest BCUT2D eigenvalue weighted by molar-refractivity contribution is 6.04. The fourth-order valence-electron chi connectivity index (χ4n) is 3.99. The third-order valence-electron chi connectivity index (χ3n) is 4.79. The van der Waals surface area contributed by atoms with Crippen molar-refractivity contribution < 1.29 is 9.72 Å². The molecule has 0 aromatic heterocycles. The third kappa shape index (κ3) is 1.37. The smallest absolute Gasteiger partial charge is 0.277 e. The molecular weight excluding hydrogens is 266 g/mol. The minimum atomic E-state index is -0.655. The molecule has 21 heavy (non-hydrogen) atoms. The molecule has 2 aliphatic rings. The van der Waals surface area contributed by atoms with Crippen LogP contribution in [0.5, 0.6) is 0 Å². The van der Waals surface area contributed by atoms with Crippen molar-refractivity contribution in [1.82, 2.24) is 0 Å². The molecule has 104 valence electrons. The Morgan fingerprint density at radius 1 is 1.05 bits per heavy atom. The Balaban J connectivity index is 2.15. The molecule has 0 heterocycles. The number of rotatable bonds is 1. The van der Waals surface area contributed by atoms with Crippen molar-refractivity contribution >= 4 is 11.5 Å². The lowest BCUT2D eigenvalue weighted by molar-refractivity contribution is -0.384. The first-order valence-corrected chi connectivity index (χ1v) is 7.07. The molecule has 0 saturated heterocycles. The number of carbonyl (C=O) groups is 1. The maximum absolute atomic E-state index is 12.6. The molecule has 0 aliphatic heterocycles. The number of nitro groups is 1. The number of hydrogen-bond acceptors (Lipinski definition) is 3. The lowest BCUT2D eigenvalue weighted by atomic mass is 9.76. The van der Waals surface area contributed by atoms with Crippen LogP contribution in [0.4, 0.5) is 5.69 Å². The fourth-order valence-corrected chi connectivity index (χ4v) is 3.99. The average molecular weight is 279 g/mol. The number of fused-ring (bicyclic) bond motifs is 5. The molecular formula is C17H13NO3. The predicted molar refractivity (Wildman–Crippen MR) is 78.2 cm³/mol. The van der Waals surface area contributed by atoms with E-state index in [1.54, 1.807) is 6.07 Å². The molecule has 2 aromatic rings. The molecule has 2 aromatic carbocycles. The van der Waals surface area contributed by atoms with Crippen LogP contribution in [0, 0.1) is 10.1 Å². The maximum Gasteiger partial charge on any atom is 0.277 e. The highest BCUT2D eigenvalue weighted by Gasteiger charge is 2.52. The standard InChI is InChI=1S/C17H13NO3/c19-15-9-4-10-17(15)12-6-2-1-5-11(12)16-13(17)7-3-8-14(16)18(20)21/h1-3,5-8H,4,9-10H2/t17-/m1/s1. The van der Waals surface area contributed by atoms with Crippen LogP contribution in [-0.2, 0) is 10.2 Å². The van der Waals surface area contributed by atoms with Crippen LogP contribution >= 0.6 is 0 Å². The van der Waals surface area contributed by atoms with Gasteiger partial charge >= 0.3 is 0 Å². The minimum Gasteiger partial charge on any atom is -0.298 e. The van der Waals surface area contributed by atoms with E-state index in [-0.39, 0.29) is 16.4 Å². The highest BCUT2D eigenvalue weighted by atomic mass is 16.6. The summed E-state index contributed by atoms with van der Waals surface area (Å²) in [4.78, 5) is 23.7. The van der Waals surface area contributed by atoms with E-state index in [1.165, 1.54) is 6.07 Å². The van der Waals surface area contributed by atoms with Gasteiger partial charge in [-0.1, -0.05) is 36.4 Å². The monoisotopic (exact) mass is 279 g/mol. The van der Waals surface area contributed by atoms with Crippen LogP contribution in [0.15, 0.2) is 42.5 Å². The van der Waals surface area contributed by atoms with Gasteiger partial charge in [0, 0.05) is 12.5 Å². The van der Waals surface area contributed by atoms with Crippen molar-refractivity contribution in [2.45, 2.75) is 24.7 Å². The number of hydrogen-bond donors (Lipinski definition) is 0. The van der Waals surface area contributed by atoms with Gasteiger partial charge < -0.3 is 0 Å². The Kier molecular flexibility index (Phi) is 2.34. The summed E-state index contributed by atoms with van der Waals surface area (Å²) in [5, 5.41) is 11.4. The zero-order valence-corrected chi connectivity index (χ0v) is 11.3. The van der Waals surface area contributed by atoms with Crippen LogP contribution in [0.2, 0.25) is 0 Å². The molecule has 1 saturated carbocycles. The third-order valence-corrected chi connectivity index (χ3v) is 4.79. The summed E-state index contributed by atoms with van der Waals surface area (Å²) in [5.41, 5.74) is 2.68. The molecule has 4 rings (SSSR count). The Labute approximate surface area is 121 Å². The summed E-state index contributed by atoms with van der Waals surface area (Å²) < 4.78 is 0. The first-order chi connectivity index (χ1) is 10.2. The zero-order valence-electron chi connectivity index (χ0n) is 11.3. The van der Waals surface area contributed by atoms with Crippen LogP contribution in [0.25, 0.3) is 11.1 Å². The van der Waals surface area contributed by atoms with Gasteiger partial charge in [-0.3, -0.25) is 14.9 Å². The number of nitrogens with zero attached hydrogens (tertiary/aromatic N) is 1. The minimum absolute atomic E-state index is 0.0940. The van der Waals surface area contributed by atoms with Crippen molar-refractivity contribution in [1.29, 1.82) is 0 Å². The summed E-state index contributed by atoms with van der Waals surface area (Å²) in [5.74, 6) is 0.189. The molecule has 0 unspecified atom stereocenters. The van der Waals surface area contributed by atoms with E-state index in [9.17, 15) is 14.9 Å². The average Bonchev–Trinajstić information content (AvgIpc) is 3.01. The zero-order chi connectivity index (χ0) is 14.6. The van der Waals surface area contributed by atoms with E-state index in [4.69, 9.17) is 0 Å². The molecule has 1 atom stereocenters. The van der Waals surface area contributed by atoms with E-state index in [2.05, 4.69) is 0 Å². The van der Waals surface area contributed by atoms with Crippen molar-refractivity contribution in [2.75, 3.05) is 0 Å². The van der Waals surface area contributed by atoms with E-state index in [0.717, 1.165) is 29.5 Å². The Bertz CT molecular complexity index is 796. The normalized spacial score (nSPS) is 22.4. The Morgan fingerprint density at radius 3 is 2.52 bits per heavy atom. The van der Waals surface area contributed by atoms with Gasteiger partial charge in [0.05, 0.1) is 15.9 Å². The highest BCUT2D eigenvalue weighted by Crippen LogP contribution is 2.57. The van der Waals surface area contributed by atoms with Crippen molar-refractivity contribution in [3.8, 4) is 11.1 Å². The van der Waals surface area contributed by atoms with Crippen LogP contribution in [0.1, 0.15) is 30.4 Å². The predicted octanol–water partition coefficient (Wildman–Crippen LogP) is 3.61. The van der Waals surface area contributed by atoms with Gasteiger partial charge in [-0.2, -0.15) is 0 Å². The van der Waals surface area contributed by atoms with Crippen molar-refractivity contribution in [3.63, 3.8) is 0 Å². The second-order valence-corrected chi connectivity index (χ2v) is 5.68. The van der Waals surface area contributed by atoms with E-state index in [0.29, 0.717) is 12.0 Å². The first-order valence-electron chi connectivity index (χ1n) is 7.07. The van der Waals surface area contributed by atoms with Crippen LogP contribution in [0.3, 0.4) is 0 Å². The van der Waals surface area contributed by atoms with Crippen molar-refractivity contribution in [2.24, 2.45) is 0 Å². The second kappa shape index (κ2) is 4.01. The van der Waals surface area contributed by atoms with Gasteiger partial charge in [-0.05, 0) is 29.5 Å². The number of benzene rings is 2. The molecule has 0 amide bonds. The summed E-state index contributed by atoms with van der Waals surface area (Å²) >= 11 is 0. The van der Waals surface area contributed by atoms with E-state index < -0.39 is 5.41 Å². The molecule has 1 spiro atoms. The molecule has 0 N–H and O–H groups in total. The van der Waals surface area contributed by atoms with Gasteiger partial charge in [-0.15, -0.1) is 0 Å². The molecule has 4 heteroatoms. The van der Waals surface area contributed by atoms with Gasteiger partial charge in [0.25, 0.3) is 5.69 Å². The van der Waals surface area contributed by atoms with Crippen molar-refractivity contribution in [3.05, 3.63) is 63.7 Å². The van der Waals surface area contributed by atoms with Crippen LogP contribution < -0.4 is 0 Å². The van der Waals surface area contributed by atoms with Gasteiger partial charge in [-0.25, -0.2) is 0 Å². The van der Waals surface area contributed by atoms with Gasteiger partial charge in [0.15, 0.2) is 0 Å². The lowest BCUT2D eigenvalue weighted by Gasteiger charge is -2.24. The Hall–Kier alpha value is -2.49. The maximum atomic E-state index is 12.6. The molecule has 2 aliphatic carbocycles. The number of carbonyl (C=O) groups excluding carboxylic acids is 1. The Morgan fingerprint density at radius 2 is 1.81 bits per heavy atom. The number of ketones is 1. The summed E-state index contributed by atoms with van der Waals surface area (Å²) in [6.45, 7) is 0. The fraction of sp³-hybridized carbons (Fsp3) is 0.235. The largest absolute Gasteiger partial charge is 0.298 e. The summed E-state index contributed by atoms with van der Waals surface area (Å²) in [6, 6.07) is 12.7. The second-order valence-electron chi connectivity index (χ2n) is 5.68. The van der Waals surface area contributed by atoms with Gasteiger partial charge in [0.2, 0.25) is 0 Å². The van der Waals surface area contributed by atoms with E-state index >= 15 is 0 Å². The number of nitro benzene ring substituents is 1. The summed E-state index contributed by atoms with van der Waals surface area (Å²) in [7, 11) is 0. The molecule has 0 bridgehead atoms. The van der Waals surface area contributed by atoms with Crippen LogP contribution in [-0.4, -0.2) is 10.7 Å². The topological polar surface area (TPSA) is 60.2 Å². The van der Waals surface area contributed by atoms with Gasteiger partial charge in [0.1, 0.15) is 5.78 Å². The summed E-state index contributed by atoms with van der Waals surface area (Å²) in [6.07, 6.45) is 2.14. The molecule has 0 radical (unpaired) electrons. The lowest BCUT2D eigenvalue weighted by Crippen LogP contribution is -2.29. The SMILES string of the molecule is O=C1CCC[C@]12c1ccccc1-c1c([N+](=O)[O-])cccc12. The number of Topliss-reactive ketones (excluding diaryl/α,β-unsaturated/α-hetero) is 1. The first kappa shape index (κ1) is 12.3. The molecule has 4 nitrogen and oxygen atoms in total. The molecule has 1 fully saturated rings.